The highest BCUT2D eigenvalue weighted by Gasteiger charge is 2.31. The van der Waals surface area contributed by atoms with Crippen LogP contribution in [0.5, 0.6) is 0 Å². The third-order valence-electron chi connectivity index (χ3n) is 3.75. The van der Waals surface area contributed by atoms with Crippen LogP contribution in [-0.2, 0) is 9.53 Å². The van der Waals surface area contributed by atoms with Gasteiger partial charge in [-0.1, -0.05) is 30.3 Å². The lowest BCUT2D eigenvalue weighted by atomic mass is 10.1. The van der Waals surface area contributed by atoms with E-state index in [1.807, 2.05) is 6.07 Å². The Morgan fingerprint density at radius 1 is 1.33 bits per heavy atom. The molecular formula is C15H21NO2. The molecule has 0 bridgehead atoms. The summed E-state index contributed by atoms with van der Waals surface area (Å²) in [6, 6.07) is 11.1. The molecular weight excluding hydrogens is 226 g/mol. The normalized spacial score (nSPS) is 24.8. The lowest BCUT2D eigenvalue weighted by molar-refractivity contribution is -0.145. The number of nitrogens with one attached hydrogen (secondary N) is 1. The Morgan fingerprint density at radius 3 is 2.72 bits per heavy atom. The zero-order valence-electron chi connectivity index (χ0n) is 11.1. The van der Waals surface area contributed by atoms with Crippen molar-refractivity contribution < 1.29 is 9.53 Å². The summed E-state index contributed by atoms with van der Waals surface area (Å²) in [6.45, 7) is 2.17. The number of carbonyl (C=O) groups is 1. The van der Waals surface area contributed by atoms with Crippen molar-refractivity contribution in [2.75, 3.05) is 7.11 Å². The van der Waals surface area contributed by atoms with Crippen LogP contribution < -0.4 is 5.32 Å². The van der Waals surface area contributed by atoms with Crippen molar-refractivity contribution in [2.45, 2.75) is 38.3 Å². The summed E-state index contributed by atoms with van der Waals surface area (Å²) < 4.78 is 4.81. The minimum atomic E-state index is -0.0633. The molecule has 3 atom stereocenters. The van der Waals surface area contributed by atoms with E-state index >= 15 is 0 Å². The van der Waals surface area contributed by atoms with Gasteiger partial charge in [0.2, 0.25) is 0 Å². The van der Waals surface area contributed by atoms with Crippen molar-refractivity contribution in [1.29, 1.82) is 0 Å². The zero-order chi connectivity index (χ0) is 13.0. The Bertz CT molecular complexity index is 391. The van der Waals surface area contributed by atoms with Gasteiger partial charge in [-0.3, -0.25) is 4.79 Å². The summed E-state index contributed by atoms with van der Waals surface area (Å²) in [5.41, 5.74) is 1.29. The highest BCUT2D eigenvalue weighted by molar-refractivity contribution is 5.72. The first-order chi connectivity index (χ1) is 8.70. The summed E-state index contributed by atoms with van der Waals surface area (Å²) in [7, 11) is 1.47. The van der Waals surface area contributed by atoms with E-state index in [2.05, 4.69) is 36.5 Å². The lowest BCUT2D eigenvalue weighted by Gasteiger charge is -2.19. The second-order valence-corrected chi connectivity index (χ2v) is 5.03. The average Bonchev–Trinajstić information content (AvgIpc) is 2.87. The largest absolute Gasteiger partial charge is 0.469 e. The van der Waals surface area contributed by atoms with E-state index in [0.717, 1.165) is 19.3 Å². The third-order valence-corrected chi connectivity index (χ3v) is 3.75. The van der Waals surface area contributed by atoms with E-state index in [9.17, 15) is 4.79 Å². The van der Waals surface area contributed by atoms with Gasteiger partial charge in [0, 0.05) is 12.1 Å². The standard InChI is InChI=1S/C15H21NO2/c1-11(12-6-4-3-5-7-12)16-14-9-8-13(10-14)15(17)18-2/h3-7,11,13-14,16H,8-10H2,1-2H3/t11?,13-,14+/m1/s1. The van der Waals surface area contributed by atoms with Gasteiger partial charge >= 0.3 is 5.97 Å². The summed E-state index contributed by atoms with van der Waals surface area (Å²) in [4.78, 5) is 11.5. The number of ether oxygens (including phenoxy) is 1. The molecule has 1 fully saturated rings. The number of carbonyl (C=O) groups excluding carboxylic acids is 1. The van der Waals surface area contributed by atoms with Gasteiger partial charge in [0.25, 0.3) is 0 Å². The summed E-state index contributed by atoms with van der Waals surface area (Å²) in [6.07, 6.45) is 2.88. The fraction of sp³-hybridized carbons (Fsp3) is 0.533. The van der Waals surface area contributed by atoms with Crippen LogP contribution in [0.25, 0.3) is 0 Å². The minimum absolute atomic E-state index is 0.0633. The molecule has 18 heavy (non-hydrogen) atoms. The van der Waals surface area contributed by atoms with Crippen LogP contribution in [0.1, 0.15) is 37.8 Å². The number of hydrogen-bond donors (Lipinski definition) is 1. The first kappa shape index (κ1) is 13.1. The molecule has 0 amide bonds. The van der Waals surface area contributed by atoms with Crippen molar-refractivity contribution in [1.82, 2.24) is 5.32 Å². The molecule has 0 aromatic heterocycles. The molecule has 1 aliphatic rings. The zero-order valence-corrected chi connectivity index (χ0v) is 11.1. The monoisotopic (exact) mass is 247 g/mol. The predicted octanol–water partition coefficient (Wildman–Crippen LogP) is 2.68. The summed E-state index contributed by atoms with van der Waals surface area (Å²) >= 11 is 0. The maximum Gasteiger partial charge on any atom is 0.308 e. The Morgan fingerprint density at radius 2 is 2.06 bits per heavy atom. The molecule has 0 radical (unpaired) electrons. The Kier molecular flexibility index (Phi) is 4.37. The highest BCUT2D eigenvalue weighted by Crippen LogP contribution is 2.28. The summed E-state index contributed by atoms with van der Waals surface area (Å²) in [5, 5.41) is 3.60. The van der Waals surface area contributed by atoms with E-state index in [1.54, 1.807) is 0 Å². The second-order valence-electron chi connectivity index (χ2n) is 5.03. The molecule has 3 heteroatoms. The van der Waals surface area contributed by atoms with Crippen molar-refractivity contribution >= 4 is 5.97 Å². The van der Waals surface area contributed by atoms with Gasteiger partial charge in [0.05, 0.1) is 13.0 Å². The van der Waals surface area contributed by atoms with Crippen molar-refractivity contribution in [2.24, 2.45) is 5.92 Å². The van der Waals surface area contributed by atoms with Crippen molar-refractivity contribution in [3.63, 3.8) is 0 Å². The number of rotatable bonds is 4. The van der Waals surface area contributed by atoms with Gasteiger partial charge < -0.3 is 10.1 Å². The van der Waals surface area contributed by atoms with Gasteiger partial charge in [0.15, 0.2) is 0 Å². The topological polar surface area (TPSA) is 38.3 Å². The predicted molar refractivity (Wildman–Crippen MR) is 71.1 cm³/mol. The first-order valence-corrected chi connectivity index (χ1v) is 6.59. The Hall–Kier alpha value is -1.35. The quantitative estimate of drug-likeness (QED) is 0.831. The maximum atomic E-state index is 11.5. The molecule has 1 aromatic rings. The first-order valence-electron chi connectivity index (χ1n) is 6.59. The Labute approximate surface area is 109 Å². The molecule has 0 spiro atoms. The van der Waals surface area contributed by atoms with Gasteiger partial charge in [-0.2, -0.15) is 0 Å². The smallest absolute Gasteiger partial charge is 0.308 e. The third kappa shape index (κ3) is 3.10. The van der Waals surface area contributed by atoms with Gasteiger partial charge in [-0.25, -0.2) is 0 Å². The van der Waals surface area contributed by atoms with Crippen molar-refractivity contribution in [3.05, 3.63) is 35.9 Å². The van der Waals surface area contributed by atoms with Crippen LogP contribution in [0.3, 0.4) is 0 Å². The van der Waals surface area contributed by atoms with Crippen LogP contribution in [0.15, 0.2) is 30.3 Å². The Balaban J connectivity index is 1.86. The van der Waals surface area contributed by atoms with Crippen LogP contribution in [0, 0.1) is 5.92 Å². The number of esters is 1. The number of methoxy groups -OCH3 is 1. The van der Waals surface area contributed by atoms with Crippen molar-refractivity contribution in [3.8, 4) is 0 Å². The van der Waals surface area contributed by atoms with E-state index in [1.165, 1.54) is 12.7 Å². The van der Waals surface area contributed by atoms with Crippen LogP contribution in [0.2, 0.25) is 0 Å². The molecule has 0 heterocycles. The molecule has 1 aliphatic carbocycles. The molecule has 1 N–H and O–H groups in total. The molecule has 0 saturated heterocycles. The summed E-state index contributed by atoms with van der Waals surface area (Å²) in [5.74, 6) is 0.0159. The van der Waals surface area contributed by atoms with Crippen LogP contribution in [0.4, 0.5) is 0 Å². The fourth-order valence-electron chi connectivity index (χ4n) is 2.71. The van der Waals surface area contributed by atoms with Crippen LogP contribution >= 0.6 is 0 Å². The number of hydrogen-bond acceptors (Lipinski definition) is 3. The highest BCUT2D eigenvalue weighted by atomic mass is 16.5. The maximum absolute atomic E-state index is 11.5. The molecule has 98 valence electrons. The molecule has 1 aromatic carbocycles. The van der Waals surface area contributed by atoms with Crippen LogP contribution in [-0.4, -0.2) is 19.1 Å². The van der Waals surface area contributed by atoms with Gasteiger partial charge in [-0.05, 0) is 31.7 Å². The van der Waals surface area contributed by atoms with Gasteiger partial charge in [0.1, 0.15) is 0 Å². The van der Waals surface area contributed by atoms with E-state index in [4.69, 9.17) is 4.74 Å². The second kappa shape index (κ2) is 6.01. The van der Waals surface area contributed by atoms with E-state index in [0.29, 0.717) is 12.1 Å². The van der Waals surface area contributed by atoms with Gasteiger partial charge in [-0.15, -0.1) is 0 Å². The molecule has 2 rings (SSSR count). The fourth-order valence-corrected chi connectivity index (χ4v) is 2.71. The average molecular weight is 247 g/mol. The SMILES string of the molecule is COC(=O)[C@@H]1CC[C@H](NC(C)c2ccccc2)C1. The molecule has 0 aliphatic heterocycles. The molecule has 3 nitrogen and oxygen atoms in total. The lowest BCUT2D eigenvalue weighted by Crippen LogP contribution is -2.30. The number of benzene rings is 1. The molecule has 1 unspecified atom stereocenters. The minimum Gasteiger partial charge on any atom is -0.469 e. The molecule has 1 saturated carbocycles. The van der Waals surface area contributed by atoms with E-state index < -0.39 is 0 Å². The van der Waals surface area contributed by atoms with E-state index in [-0.39, 0.29) is 11.9 Å².